The van der Waals surface area contributed by atoms with Crippen molar-refractivity contribution in [3.63, 3.8) is 0 Å². The van der Waals surface area contributed by atoms with Crippen LogP contribution < -0.4 is 10.5 Å². The van der Waals surface area contributed by atoms with Gasteiger partial charge >= 0.3 is 0 Å². The summed E-state index contributed by atoms with van der Waals surface area (Å²) in [7, 11) is 1.67. The molecule has 2 heterocycles. The highest BCUT2D eigenvalue weighted by Crippen LogP contribution is 2.25. The summed E-state index contributed by atoms with van der Waals surface area (Å²) < 4.78 is 7.35. The summed E-state index contributed by atoms with van der Waals surface area (Å²) in [6.45, 7) is 2.54. The molecule has 0 aliphatic heterocycles. The van der Waals surface area contributed by atoms with E-state index < -0.39 is 0 Å². The minimum atomic E-state index is 0.451. The summed E-state index contributed by atoms with van der Waals surface area (Å²) in [6.07, 6.45) is 1.98. The van der Waals surface area contributed by atoms with Crippen LogP contribution in [0, 0.1) is 6.92 Å². The molecule has 0 saturated carbocycles. The molecule has 3 rings (SSSR count). The van der Waals surface area contributed by atoms with Crippen molar-refractivity contribution in [3.05, 3.63) is 41.7 Å². The van der Waals surface area contributed by atoms with E-state index in [2.05, 4.69) is 28.4 Å². The number of rotatable bonds is 2. The van der Waals surface area contributed by atoms with E-state index in [1.54, 1.807) is 7.11 Å². The molecule has 0 aliphatic rings. The largest absolute Gasteiger partial charge is 0.497 e. The molecule has 0 atom stereocenters. The zero-order chi connectivity index (χ0) is 12.7. The van der Waals surface area contributed by atoms with Crippen LogP contribution in [0.25, 0.3) is 16.6 Å². The Kier molecular flexibility index (Phi) is 2.45. The van der Waals surface area contributed by atoms with Crippen molar-refractivity contribution in [1.82, 2.24) is 9.38 Å². The third kappa shape index (κ3) is 1.54. The zero-order valence-corrected chi connectivity index (χ0v) is 10.5. The molecule has 0 radical (unpaired) electrons. The maximum Gasteiger partial charge on any atom is 0.137 e. The third-order valence-electron chi connectivity index (χ3n) is 3.23. The van der Waals surface area contributed by atoms with Gasteiger partial charge in [0.1, 0.15) is 11.4 Å². The average Bonchev–Trinajstić information content (AvgIpc) is 2.81. The summed E-state index contributed by atoms with van der Waals surface area (Å²) in [6, 6.07) is 8.15. The van der Waals surface area contributed by atoms with E-state index in [1.807, 2.05) is 18.3 Å². The van der Waals surface area contributed by atoms with Crippen LogP contribution in [0.1, 0.15) is 11.3 Å². The first-order valence-electron chi connectivity index (χ1n) is 5.88. The number of aryl methyl sites for hydroxylation is 1. The molecule has 1 aromatic carbocycles. The molecule has 0 saturated heterocycles. The first-order valence-corrected chi connectivity index (χ1v) is 5.88. The van der Waals surface area contributed by atoms with Crippen LogP contribution >= 0.6 is 0 Å². The lowest BCUT2D eigenvalue weighted by Gasteiger charge is -2.07. The number of pyridine rings is 1. The second-order valence-electron chi connectivity index (χ2n) is 4.37. The second-order valence-corrected chi connectivity index (χ2v) is 4.37. The molecule has 4 nitrogen and oxygen atoms in total. The molecule has 0 aliphatic carbocycles. The summed E-state index contributed by atoms with van der Waals surface area (Å²) in [4.78, 5) is 4.49. The van der Waals surface area contributed by atoms with E-state index in [0.717, 1.165) is 22.6 Å². The Morgan fingerprint density at radius 3 is 2.89 bits per heavy atom. The van der Waals surface area contributed by atoms with E-state index in [0.29, 0.717) is 6.54 Å². The van der Waals surface area contributed by atoms with Gasteiger partial charge in [-0.1, -0.05) is 0 Å². The molecule has 0 fully saturated rings. The quantitative estimate of drug-likeness (QED) is 0.748. The summed E-state index contributed by atoms with van der Waals surface area (Å²) in [5.74, 6) is 0.845. The maximum atomic E-state index is 5.65. The fraction of sp³-hybridized carbons (Fsp3) is 0.214. The number of hydrogen-bond donors (Lipinski definition) is 1. The van der Waals surface area contributed by atoms with Gasteiger partial charge in [-0.15, -0.1) is 0 Å². The van der Waals surface area contributed by atoms with Crippen LogP contribution in [0.4, 0.5) is 0 Å². The lowest BCUT2D eigenvalue weighted by Crippen LogP contribution is -1.95. The van der Waals surface area contributed by atoms with Crippen LogP contribution in [-0.2, 0) is 6.54 Å². The van der Waals surface area contributed by atoms with Gasteiger partial charge < -0.3 is 10.5 Å². The lowest BCUT2D eigenvalue weighted by molar-refractivity contribution is 0.415. The summed E-state index contributed by atoms with van der Waals surface area (Å²) in [5.41, 5.74) is 9.77. The van der Waals surface area contributed by atoms with Crippen LogP contribution in [0.3, 0.4) is 0 Å². The minimum Gasteiger partial charge on any atom is -0.497 e. The molecule has 3 aromatic rings. The number of ether oxygens (including phenoxy) is 1. The topological polar surface area (TPSA) is 52.5 Å². The van der Waals surface area contributed by atoms with Gasteiger partial charge in [-0.25, -0.2) is 4.98 Å². The summed E-state index contributed by atoms with van der Waals surface area (Å²) in [5, 5.41) is 1.20. The van der Waals surface area contributed by atoms with Gasteiger partial charge in [0.05, 0.1) is 18.3 Å². The molecular weight excluding hydrogens is 226 g/mol. The Hall–Kier alpha value is -2.07. The van der Waals surface area contributed by atoms with Gasteiger partial charge in [-0.2, -0.15) is 0 Å². The molecule has 18 heavy (non-hydrogen) atoms. The smallest absolute Gasteiger partial charge is 0.137 e. The van der Waals surface area contributed by atoms with Crippen molar-refractivity contribution < 1.29 is 4.74 Å². The molecular formula is C14H15N3O. The van der Waals surface area contributed by atoms with Gasteiger partial charge in [-0.3, -0.25) is 4.40 Å². The fourth-order valence-corrected chi connectivity index (χ4v) is 2.28. The molecule has 0 unspecified atom stereocenters. The normalized spacial score (nSPS) is 11.3. The van der Waals surface area contributed by atoms with Gasteiger partial charge in [0.2, 0.25) is 0 Å². The van der Waals surface area contributed by atoms with Crippen LogP contribution in [0.5, 0.6) is 5.75 Å². The molecule has 0 bridgehead atoms. The Morgan fingerprint density at radius 2 is 2.17 bits per heavy atom. The molecule has 4 heteroatoms. The molecule has 2 N–H and O–H groups in total. The van der Waals surface area contributed by atoms with Gasteiger partial charge in [-0.05, 0) is 30.7 Å². The average molecular weight is 241 g/mol. The fourth-order valence-electron chi connectivity index (χ4n) is 2.28. The predicted molar refractivity (Wildman–Crippen MR) is 71.9 cm³/mol. The van der Waals surface area contributed by atoms with E-state index in [-0.39, 0.29) is 0 Å². The molecule has 92 valence electrons. The van der Waals surface area contributed by atoms with E-state index in [4.69, 9.17) is 10.5 Å². The zero-order valence-electron chi connectivity index (χ0n) is 10.5. The molecule has 0 amide bonds. The first kappa shape index (κ1) is 11.0. The van der Waals surface area contributed by atoms with Crippen molar-refractivity contribution in [3.8, 4) is 5.75 Å². The van der Waals surface area contributed by atoms with Crippen LogP contribution in [0.2, 0.25) is 0 Å². The molecule has 2 aromatic heterocycles. The van der Waals surface area contributed by atoms with Gasteiger partial charge in [0.25, 0.3) is 0 Å². The standard InChI is InChI=1S/C14H15N3O/c1-9-5-14-16-10(7-15)8-17(14)13-6-11(18-2)3-4-12(9)13/h3-6,8H,7,15H2,1-2H3. The Bertz CT molecular complexity index is 731. The van der Waals surface area contributed by atoms with E-state index in [9.17, 15) is 0 Å². The monoisotopic (exact) mass is 241 g/mol. The van der Waals surface area contributed by atoms with E-state index in [1.165, 1.54) is 10.9 Å². The van der Waals surface area contributed by atoms with Crippen molar-refractivity contribution in [2.24, 2.45) is 5.73 Å². The lowest BCUT2D eigenvalue weighted by atomic mass is 10.1. The van der Waals surface area contributed by atoms with Crippen molar-refractivity contribution in [1.29, 1.82) is 0 Å². The Morgan fingerprint density at radius 1 is 1.33 bits per heavy atom. The van der Waals surface area contributed by atoms with Crippen LogP contribution in [-0.4, -0.2) is 16.5 Å². The first-order chi connectivity index (χ1) is 8.72. The minimum absolute atomic E-state index is 0.451. The SMILES string of the molecule is COc1ccc2c(C)cc3nc(CN)cn3c2c1. The second kappa shape index (κ2) is 3.99. The van der Waals surface area contributed by atoms with Gasteiger partial charge in [0, 0.05) is 24.2 Å². The number of nitrogens with zero attached hydrogens (tertiary/aromatic N) is 2. The third-order valence-corrected chi connectivity index (χ3v) is 3.23. The van der Waals surface area contributed by atoms with Crippen molar-refractivity contribution >= 4 is 16.6 Å². The maximum absolute atomic E-state index is 5.65. The number of fused-ring (bicyclic) bond motifs is 3. The Balaban J connectivity index is 2.44. The number of methoxy groups -OCH3 is 1. The van der Waals surface area contributed by atoms with Crippen LogP contribution in [0.15, 0.2) is 30.5 Å². The van der Waals surface area contributed by atoms with Gasteiger partial charge in [0.15, 0.2) is 0 Å². The molecule has 0 spiro atoms. The number of aromatic nitrogens is 2. The number of hydrogen-bond acceptors (Lipinski definition) is 3. The van der Waals surface area contributed by atoms with E-state index >= 15 is 0 Å². The highest BCUT2D eigenvalue weighted by atomic mass is 16.5. The highest BCUT2D eigenvalue weighted by Gasteiger charge is 2.07. The van der Waals surface area contributed by atoms with Crippen molar-refractivity contribution in [2.75, 3.05) is 7.11 Å². The van der Waals surface area contributed by atoms with Crippen molar-refractivity contribution in [2.45, 2.75) is 13.5 Å². The number of benzene rings is 1. The highest BCUT2D eigenvalue weighted by molar-refractivity contribution is 5.86. The Labute approximate surface area is 105 Å². The number of imidazole rings is 1. The number of nitrogens with two attached hydrogens (primary N) is 1. The summed E-state index contributed by atoms with van der Waals surface area (Å²) >= 11 is 0. The predicted octanol–water partition coefficient (Wildman–Crippen LogP) is 2.26.